The molecule has 11 heteroatoms. The van der Waals surface area contributed by atoms with Crippen LogP contribution in [0.25, 0.3) is 11.4 Å². The van der Waals surface area contributed by atoms with E-state index in [1.807, 2.05) is 35.8 Å². The summed E-state index contributed by atoms with van der Waals surface area (Å²) in [6, 6.07) is 7.45. The first-order valence-electron chi connectivity index (χ1n) is 8.84. The van der Waals surface area contributed by atoms with Crippen LogP contribution in [0, 0.1) is 0 Å². The lowest BCUT2D eigenvalue weighted by molar-refractivity contribution is -0.113. The van der Waals surface area contributed by atoms with Crippen LogP contribution in [0.4, 0.5) is 5.13 Å². The molecule has 0 aliphatic carbocycles. The molecular formula is C18H17N7O2S2. The van der Waals surface area contributed by atoms with Crippen LogP contribution in [-0.4, -0.2) is 41.6 Å². The maximum atomic E-state index is 12.3. The van der Waals surface area contributed by atoms with Crippen LogP contribution in [0.5, 0.6) is 0 Å². The average Bonchev–Trinajstić information content (AvgIpc) is 3.49. The summed E-state index contributed by atoms with van der Waals surface area (Å²) in [7, 11) is 0. The van der Waals surface area contributed by atoms with Crippen LogP contribution in [0.1, 0.15) is 17.7 Å². The summed E-state index contributed by atoms with van der Waals surface area (Å²) in [5.41, 5.74) is 0.885. The number of carbonyl (C=O) groups is 1. The first-order valence-corrected chi connectivity index (χ1v) is 10.6. The zero-order valence-electron chi connectivity index (χ0n) is 15.5. The number of furan rings is 1. The number of carbonyl (C=O) groups excluding carboxylic acids is 1. The topological polar surface area (TPSA) is 112 Å². The van der Waals surface area contributed by atoms with E-state index in [2.05, 4.69) is 30.7 Å². The Morgan fingerprint density at radius 1 is 1.21 bits per heavy atom. The molecule has 0 atom stereocenters. The highest BCUT2D eigenvalue weighted by molar-refractivity contribution is 7.99. The molecule has 4 aromatic heterocycles. The number of hydrogen-bond acceptors (Lipinski definition) is 9. The first-order chi connectivity index (χ1) is 14.2. The molecule has 0 saturated carbocycles. The van der Waals surface area contributed by atoms with Crippen molar-refractivity contribution in [2.45, 2.75) is 25.0 Å². The van der Waals surface area contributed by atoms with Gasteiger partial charge in [-0.3, -0.25) is 19.7 Å². The molecule has 0 spiro atoms. The SMILES string of the molecule is CCc1nnc(NC(=O)CSc2nnc(-c3ccncc3)n2Cc2ccco2)s1. The van der Waals surface area contributed by atoms with Gasteiger partial charge < -0.3 is 4.42 Å². The minimum Gasteiger partial charge on any atom is -0.467 e. The smallest absolute Gasteiger partial charge is 0.236 e. The third kappa shape index (κ3) is 4.69. The second-order valence-electron chi connectivity index (χ2n) is 5.90. The van der Waals surface area contributed by atoms with Crippen LogP contribution in [0.2, 0.25) is 0 Å². The molecule has 4 rings (SSSR count). The lowest BCUT2D eigenvalue weighted by Gasteiger charge is -2.08. The molecule has 0 bridgehead atoms. The monoisotopic (exact) mass is 427 g/mol. The van der Waals surface area contributed by atoms with Crippen molar-refractivity contribution in [3.63, 3.8) is 0 Å². The second-order valence-corrected chi connectivity index (χ2v) is 7.90. The maximum Gasteiger partial charge on any atom is 0.236 e. The molecule has 29 heavy (non-hydrogen) atoms. The normalized spacial score (nSPS) is 10.9. The molecule has 4 aromatic rings. The first kappa shape index (κ1) is 19.3. The quantitative estimate of drug-likeness (QED) is 0.427. The molecule has 0 unspecified atom stereocenters. The van der Waals surface area contributed by atoms with Crippen molar-refractivity contribution in [2.75, 3.05) is 11.1 Å². The Balaban J connectivity index is 1.50. The Morgan fingerprint density at radius 2 is 2.07 bits per heavy atom. The van der Waals surface area contributed by atoms with Gasteiger partial charge in [-0.15, -0.1) is 20.4 Å². The van der Waals surface area contributed by atoms with Gasteiger partial charge in [0.25, 0.3) is 0 Å². The summed E-state index contributed by atoms with van der Waals surface area (Å²) in [5, 5.41) is 21.3. The minimum atomic E-state index is -0.174. The van der Waals surface area contributed by atoms with E-state index in [0.29, 0.717) is 22.7 Å². The fraction of sp³-hybridized carbons (Fsp3) is 0.222. The number of aryl methyl sites for hydroxylation is 1. The third-order valence-corrected chi connectivity index (χ3v) is 5.85. The highest BCUT2D eigenvalue weighted by Crippen LogP contribution is 2.25. The van der Waals surface area contributed by atoms with Crippen molar-refractivity contribution < 1.29 is 9.21 Å². The molecule has 0 radical (unpaired) electrons. The molecule has 4 heterocycles. The largest absolute Gasteiger partial charge is 0.467 e. The molecule has 1 N–H and O–H groups in total. The number of thioether (sulfide) groups is 1. The van der Waals surface area contributed by atoms with E-state index in [0.717, 1.165) is 22.8 Å². The molecule has 0 saturated heterocycles. The predicted molar refractivity (Wildman–Crippen MR) is 110 cm³/mol. The summed E-state index contributed by atoms with van der Waals surface area (Å²) in [5.74, 6) is 1.45. The summed E-state index contributed by atoms with van der Waals surface area (Å²) >= 11 is 2.68. The van der Waals surface area contributed by atoms with Crippen molar-refractivity contribution in [3.05, 3.63) is 53.7 Å². The van der Waals surface area contributed by atoms with E-state index in [1.54, 1.807) is 18.7 Å². The van der Waals surface area contributed by atoms with Gasteiger partial charge >= 0.3 is 0 Å². The molecule has 1 amide bonds. The van der Waals surface area contributed by atoms with Gasteiger partial charge in [-0.05, 0) is 30.7 Å². The van der Waals surface area contributed by atoms with Gasteiger partial charge in [-0.25, -0.2) is 0 Å². The standard InChI is InChI=1S/C18H17N7O2S2/c1-2-15-21-23-17(29-15)20-14(26)11-28-18-24-22-16(12-5-7-19-8-6-12)25(18)10-13-4-3-9-27-13/h3-9H,2,10-11H2,1H3,(H,20,23,26). The van der Waals surface area contributed by atoms with Crippen molar-refractivity contribution >= 4 is 34.1 Å². The number of rotatable bonds is 8. The van der Waals surface area contributed by atoms with Gasteiger partial charge in [-0.1, -0.05) is 30.0 Å². The van der Waals surface area contributed by atoms with E-state index in [1.165, 1.54) is 23.1 Å². The molecule has 0 fully saturated rings. The Hall–Kier alpha value is -3.05. The van der Waals surface area contributed by atoms with Crippen LogP contribution in [0.15, 0.2) is 52.5 Å². The Labute approximate surface area is 174 Å². The summed E-state index contributed by atoms with van der Waals surface area (Å²) in [4.78, 5) is 16.4. The summed E-state index contributed by atoms with van der Waals surface area (Å²) < 4.78 is 7.40. The fourth-order valence-corrected chi connectivity index (χ4v) is 3.98. The van der Waals surface area contributed by atoms with E-state index < -0.39 is 0 Å². The molecule has 148 valence electrons. The van der Waals surface area contributed by atoms with Crippen molar-refractivity contribution in [1.82, 2.24) is 29.9 Å². The highest BCUT2D eigenvalue weighted by atomic mass is 32.2. The van der Waals surface area contributed by atoms with Gasteiger partial charge in [0.15, 0.2) is 11.0 Å². The van der Waals surface area contributed by atoms with Gasteiger partial charge in [0, 0.05) is 18.0 Å². The van der Waals surface area contributed by atoms with Crippen LogP contribution >= 0.6 is 23.1 Å². The van der Waals surface area contributed by atoms with E-state index in [9.17, 15) is 4.79 Å². The predicted octanol–water partition coefficient (Wildman–Crippen LogP) is 3.13. The summed E-state index contributed by atoms with van der Waals surface area (Å²) in [6.07, 6.45) is 5.82. The van der Waals surface area contributed by atoms with Gasteiger partial charge in [-0.2, -0.15) is 0 Å². The van der Waals surface area contributed by atoms with Crippen LogP contribution in [0.3, 0.4) is 0 Å². The number of hydrogen-bond donors (Lipinski definition) is 1. The van der Waals surface area contributed by atoms with Gasteiger partial charge in [0.05, 0.1) is 18.6 Å². The van der Waals surface area contributed by atoms with E-state index in [4.69, 9.17) is 4.42 Å². The Morgan fingerprint density at radius 3 is 2.79 bits per heavy atom. The van der Waals surface area contributed by atoms with E-state index >= 15 is 0 Å². The zero-order chi connectivity index (χ0) is 20.1. The van der Waals surface area contributed by atoms with E-state index in [-0.39, 0.29) is 11.7 Å². The highest BCUT2D eigenvalue weighted by Gasteiger charge is 2.17. The lowest BCUT2D eigenvalue weighted by Crippen LogP contribution is -2.14. The van der Waals surface area contributed by atoms with Crippen LogP contribution in [-0.2, 0) is 17.8 Å². The molecule has 9 nitrogen and oxygen atoms in total. The number of anilines is 1. The molecule has 0 aliphatic heterocycles. The second kappa shape index (κ2) is 8.97. The van der Waals surface area contributed by atoms with Crippen molar-refractivity contribution in [3.8, 4) is 11.4 Å². The number of pyridine rings is 1. The zero-order valence-corrected chi connectivity index (χ0v) is 17.1. The fourth-order valence-electron chi connectivity index (χ4n) is 2.54. The lowest BCUT2D eigenvalue weighted by atomic mass is 10.2. The van der Waals surface area contributed by atoms with Crippen molar-refractivity contribution in [1.29, 1.82) is 0 Å². The van der Waals surface area contributed by atoms with Gasteiger partial charge in [0.2, 0.25) is 11.0 Å². The number of aromatic nitrogens is 6. The average molecular weight is 428 g/mol. The maximum absolute atomic E-state index is 12.3. The molecule has 0 aliphatic rings. The number of nitrogens with one attached hydrogen (secondary N) is 1. The summed E-state index contributed by atoms with van der Waals surface area (Å²) in [6.45, 7) is 2.45. The number of amides is 1. The van der Waals surface area contributed by atoms with Gasteiger partial charge in [0.1, 0.15) is 10.8 Å². The third-order valence-electron chi connectivity index (χ3n) is 3.90. The molecular weight excluding hydrogens is 410 g/mol. The Bertz CT molecular complexity index is 1080. The number of nitrogens with zero attached hydrogens (tertiary/aromatic N) is 6. The van der Waals surface area contributed by atoms with Crippen LogP contribution < -0.4 is 5.32 Å². The molecule has 0 aromatic carbocycles. The minimum absolute atomic E-state index is 0.174. The van der Waals surface area contributed by atoms with Crippen molar-refractivity contribution in [2.24, 2.45) is 0 Å². The Kier molecular flexibility index (Phi) is 5.96.